The molecule has 2 amide bonds. The zero-order chi connectivity index (χ0) is 24.3. The third-order valence-corrected chi connectivity index (χ3v) is 4.91. The van der Waals surface area contributed by atoms with Gasteiger partial charge in [-0.3, -0.25) is 9.59 Å². The molecule has 0 aromatic carbocycles. The van der Waals surface area contributed by atoms with Gasteiger partial charge in [0, 0.05) is 20.2 Å². The van der Waals surface area contributed by atoms with Gasteiger partial charge in [-0.15, -0.1) is 0 Å². The van der Waals surface area contributed by atoms with E-state index in [1.807, 2.05) is 41.5 Å². The number of nitrogens with one attached hydrogen (secondary N) is 2. The summed E-state index contributed by atoms with van der Waals surface area (Å²) in [5.74, 6) is -0.0829. The summed E-state index contributed by atoms with van der Waals surface area (Å²) in [4.78, 5) is 23.8. The van der Waals surface area contributed by atoms with E-state index < -0.39 is 11.2 Å². The van der Waals surface area contributed by atoms with E-state index in [1.54, 1.807) is 7.05 Å². The smallest absolute Gasteiger partial charge is 0.222 e. The van der Waals surface area contributed by atoms with Gasteiger partial charge in [0.2, 0.25) is 11.8 Å². The molecule has 0 bridgehead atoms. The molecule has 0 heterocycles. The van der Waals surface area contributed by atoms with Crippen molar-refractivity contribution in [3.8, 4) is 0 Å². The average Bonchev–Trinajstić information content (AvgIpc) is 2.55. The first kappa shape index (κ1) is 29.8. The third kappa shape index (κ3) is 17.1. The van der Waals surface area contributed by atoms with Crippen molar-refractivity contribution in [2.24, 2.45) is 5.41 Å². The SMILES string of the molecule is CNC(=O)CC(C)(C)OCCC(C)(C)OCCNC(=O)CC(C)(C)OCCC(C)(C)C. The van der Waals surface area contributed by atoms with Crippen LogP contribution in [0.3, 0.4) is 0 Å². The summed E-state index contributed by atoms with van der Waals surface area (Å²) in [6, 6.07) is 0. The summed E-state index contributed by atoms with van der Waals surface area (Å²) in [7, 11) is 1.62. The molecule has 0 saturated heterocycles. The second-order valence-electron chi connectivity index (χ2n) is 11.3. The van der Waals surface area contributed by atoms with Crippen molar-refractivity contribution in [1.29, 1.82) is 0 Å². The van der Waals surface area contributed by atoms with Gasteiger partial charge < -0.3 is 24.8 Å². The van der Waals surface area contributed by atoms with Crippen LogP contribution in [-0.4, -0.2) is 62.0 Å². The van der Waals surface area contributed by atoms with Crippen molar-refractivity contribution in [1.82, 2.24) is 10.6 Å². The first-order valence-corrected chi connectivity index (χ1v) is 11.4. The van der Waals surface area contributed by atoms with E-state index in [0.29, 0.717) is 45.6 Å². The van der Waals surface area contributed by atoms with Crippen molar-refractivity contribution in [3.63, 3.8) is 0 Å². The number of hydrogen-bond donors (Lipinski definition) is 2. The van der Waals surface area contributed by atoms with Crippen molar-refractivity contribution in [2.75, 3.05) is 33.4 Å². The van der Waals surface area contributed by atoms with E-state index in [-0.39, 0.29) is 22.8 Å². The first-order chi connectivity index (χ1) is 14.0. The van der Waals surface area contributed by atoms with Crippen LogP contribution in [0.4, 0.5) is 0 Å². The summed E-state index contributed by atoms with van der Waals surface area (Å²) in [6.45, 7) is 20.2. The number of carbonyl (C=O) groups is 2. The van der Waals surface area contributed by atoms with E-state index in [1.165, 1.54) is 0 Å². The highest BCUT2D eigenvalue weighted by molar-refractivity contribution is 5.77. The van der Waals surface area contributed by atoms with Gasteiger partial charge in [0.1, 0.15) is 0 Å². The maximum atomic E-state index is 12.2. The zero-order valence-corrected chi connectivity index (χ0v) is 21.7. The van der Waals surface area contributed by atoms with Gasteiger partial charge in [-0.2, -0.15) is 0 Å². The lowest BCUT2D eigenvalue weighted by Crippen LogP contribution is -2.38. The Morgan fingerprint density at radius 2 is 1.10 bits per heavy atom. The molecule has 0 radical (unpaired) electrons. The lowest BCUT2D eigenvalue weighted by Gasteiger charge is -2.29. The van der Waals surface area contributed by atoms with E-state index in [4.69, 9.17) is 14.2 Å². The van der Waals surface area contributed by atoms with E-state index >= 15 is 0 Å². The second kappa shape index (κ2) is 12.8. The maximum absolute atomic E-state index is 12.2. The molecule has 7 heteroatoms. The van der Waals surface area contributed by atoms with Gasteiger partial charge in [0.15, 0.2) is 0 Å². The highest BCUT2D eigenvalue weighted by Crippen LogP contribution is 2.22. The summed E-state index contributed by atoms with van der Waals surface area (Å²) in [5, 5.41) is 5.52. The molecule has 2 N–H and O–H groups in total. The minimum absolute atomic E-state index is 0.0403. The topological polar surface area (TPSA) is 85.9 Å². The monoisotopic (exact) mass is 444 g/mol. The summed E-state index contributed by atoms with van der Waals surface area (Å²) < 4.78 is 17.7. The van der Waals surface area contributed by atoms with E-state index in [0.717, 1.165) is 6.42 Å². The molecule has 7 nitrogen and oxygen atoms in total. The second-order valence-corrected chi connectivity index (χ2v) is 11.3. The molecular weight excluding hydrogens is 396 g/mol. The third-order valence-electron chi connectivity index (χ3n) is 4.91. The molecule has 0 atom stereocenters. The van der Waals surface area contributed by atoms with Crippen LogP contribution in [0.15, 0.2) is 0 Å². The van der Waals surface area contributed by atoms with Crippen LogP contribution in [0.2, 0.25) is 0 Å². The number of carbonyl (C=O) groups excluding carboxylic acids is 2. The van der Waals surface area contributed by atoms with Crippen LogP contribution < -0.4 is 10.6 Å². The molecule has 0 aliphatic rings. The van der Waals surface area contributed by atoms with Crippen LogP contribution in [0, 0.1) is 5.41 Å². The molecule has 31 heavy (non-hydrogen) atoms. The van der Waals surface area contributed by atoms with Crippen LogP contribution in [0.25, 0.3) is 0 Å². The fourth-order valence-corrected chi connectivity index (χ4v) is 2.82. The Morgan fingerprint density at radius 1 is 0.645 bits per heavy atom. The quantitative estimate of drug-likeness (QED) is 0.375. The van der Waals surface area contributed by atoms with E-state index in [9.17, 15) is 9.59 Å². The standard InChI is InChI=1S/C24H48N2O5/c1-21(2,3)11-14-29-24(8,9)18-20(28)26-13-16-31-22(4,5)12-15-30-23(6,7)17-19(27)25-10/h11-18H2,1-10H3,(H,25,27)(H,26,28). The highest BCUT2D eigenvalue weighted by Gasteiger charge is 2.26. The molecular formula is C24H48N2O5. The summed E-state index contributed by atoms with van der Waals surface area (Å²) in [6.07, 6.45) is 2.27. The Kier molecular flexibility index (Phi) is 12.3. The fraction of sp³-hybridized carbons (Fsp3) is 0.917. The lowest BCUT2D eigenvalue weighted by molar-refractivity contribution is -0.130. The van der Waals surface area contributed by atoms with Crippen molar-refractivity contribution >= 4 is 11.8 Å². The number of hydrogen-bond acceptors (Lipinski definition) is 5. The first-order valence-electron chi connectivity index (χ1n) is 11.4. The Balaban J connectivity index is 4.12. The Bertz CT molecular complexity index is 551. The van der Waals surface area contributed by atoms with Gasteiger partial charge in [0.25, 0.3) is 0 Å². The molecule has 0 aromatic heterocycles. The molecule has 184 valence electrons. The van der Waals surface area contributed by atoms with Crippen molar-refractivity contribution in [2.45, 2.75) is 105 Å². The normalized spacial score (nSPS) is 13.2. The fourth-order valence-electron chi connectivity index (χ4n) is 2.82. The molecule has 0 spiro atoms. The summed E-state index contributed by atoms with van der Waals surface area (Å²) >= 11 is 0. The van der Waals surface area contributed by atoms with Crippen LogP contribution in [-0.2, 0) is 23.8 Å². The van der Waals surface area contributed by atoms with Crippen molar-refractivity contribution in [3.05, 3.63) is 0 Å². The van der Waals surface area contributed by atoms with Gasteiger partial charge in [-0.05, 0) is 59.8 Å². The van der Waals surface area contributed by atoms with Crippen molar-refractivity contribution < 1.29 is 23.8 Å². The van der Waals surface area contributed by atoms with Crippen LogP contribution in [0.5, 0.6) is 0 Å². The molecule has 0 aliphatic carbocycles. The van der Waals surface area contributed by atoms with Crippen LogP contribution >= 0.6 is 0 Å². The predicted molar refractivity (Wildman–Crippen MR) is 125 cm³/mol. The number of amides is 2. The molecule has 0 saturated carbocycles. The molecule has 0 aromatic rings. The molecule has 0 fully saturated rings. The highest BCUT2D eigenvalue weighted by atomic mass is 16.5. The Hall–Kier alpha value is -1.18. The van der Waals surface area contributed by atoms with Gasteiger partial charge in [0.05, 0.1) is 42.9 Å². The maximum Gasteiger partial charge on any atom is 0.222 e. The van der Waals surface area contributed by atoms with Gasteiger partial charge in [-0.25, -0.2) is 0 Å². The molecule has 0 unspecified atom stereocenters. The Morgan fingerprint density at radius 3 is 1.58 bits per heavy atom. The minimum Gasteiger partial charge on any atom is -0.375 e. The lowest BCUT2D eigenvalue weighted by atomic mass is 9.93. The predicted octanol–water partition coefficient (Wildman–Crippen LogP) is 3.84. The average molecular weight is 445 g/mol. The minimum atomic E-state index is -0.522. The van der Waals surface area contributed by atoms with Crippen LogP contribution in [0.1, 0.15) is 88.0 Å². The molecule has 0 rings (SSSR count). The number of ether oxygens (including phenoxy) is 3. The van der Waals surface area contributed by atoms with Gasteiger partial charge in [-0.1, -0.05) is 20.8 Å². The van der Waals surface area contributed by atoms with Gasteiger partial charge >= 0.3 is 0 Å². The molecule has 0 aliphatic heterocycles. The zero-order valence-electron chi connectivity index (χ0n) is 21.7. The Labute approximate surface area is 190 Å². The number of rotatable bonds is 15. The largest absolute Gasteiger partial charge is 0.375 e. The van der Waals surface area contributed by atoms with E-state index in [2.05, 4.69) is 31.4 Å². The summed E-state index contributed by atoms with van der Waals surface area (Å²) in [5.41, 5.74) is -1.18.